The van der Waals surface area contributed by atoms with E-state index in [1.54, 1.807) is 0 Å². The number of unbranched alkanes of at least 4 members (excludes halogenated alkanes) is 10. The Bertz CT molecular complexity index is 592. The van der Waals surface area contributed by atoms with E-state index in [-0.39, 0.29) is 24.1 Å². The molecule has 3 atom stereocenters. The number of alkyl halides is 1. The highest BCUT2D eigenvalue weighted by Gasteiger charge is 2.42. The molecule has 1 fully saturated rings. The molecule has 0 amide bonds. The Morgan fingerprint density at radius 2 is 1.56 bits per heavy atom. The second-order valence-electron chi connectivity index (χ2n) is 9.39. The third-order valence-corrected chi connectivity index (χ3v) is 6.89. The minimum atomic E-state index is -0.0224. The van der Waals surface area contributed by atoms with Crippen molar-refractivity contribution in [3.05, 3.63) is 35.9 Å². The minimum Gasteiger partial charge on any atom is -0.461 e. The van der Waals surface area contributed by atoms with E-state index in [9.17, 15) is 4.79 Å². The summed E-state index contributed by atoms with van der Waals surface area (Å²) >= 11 is 5.78. The number of carbonyl (C=O) groups excluding carboxylic acids is 1. The summed E-state index contributed by atoms with van der Waals surface area (Å²) in [5, 5.41) is 0. The Hall–Kier alpha value is -1.06. The molecule has 0 unspecified atom stereocenters. The number of benzene rings is 1. The highest BCUT2D eigenvalue weighted by molar-refractivity contribution is 6.17. The lowest BCUT2D eigenvalue weighted by molar-refractivity contribution is -0.190. The molecular formula is C28H45ClO3. The molecule has 3 nitrogen and oxygen atoms in total. The minimum absolute atomic E-state index is 0.0224. The van der Waals surface area contributed by atoms with Crippen LogP contribution in [0.15, 0.2) is 30.3 Å². The summed E-state index contributed by atoms with van der Waals surface area (Å²) in [6.07, 6.45) is 18.1. The molecule has 32 heavy (non-hydrogen) atoms. The molecule has 0 aromatic heterocycles. The van der Waals surface area contributed by atoms with Gasteiger partial charge in [-0.3, -0.25) is 4.79 Å². The lowest BCUT2D eigenvalue weighted by atomic mass is 9.86. The van der Waals surface area contributed by atoms with Crippen molar-refractivity contribution < 1.29 is 14.3 Å². The third-order valence-electron chi connectivity index (χ3n) is 6.62. The number of rotatable bonds is 20. The van der Waals surface area contributed by atoms with E-state index in [2.05, 4.69) is 31.2 Å². The molecule has 1 saturated heterocycles. The molecule has 1 aliphatic rings. The van der Waals surface area contributed by atoms with Gasteiger partial charge in [-0.15, -0.1) is 11.6 Å². The molecule has 0 saturated carbocycles. The van der Waals surface area contributed by atoms with Crippen molar-refractivity contribution in [3.8, 4) is 0 Å². The first-order chi connectivity index (χ1) is 15.7. The van der Waals surface area contributed by atoms with Gasteiger partial charge in [0, 0.05) is 12.3 Å². The Kier molecular flexibility index (Phi) is 14.8. The fraction of sp³-hybridized carbons (Fsp3) is 0.750. The van der Waals surface area contributed by atoms with Gasteiger partial charge < -0.3 is 9.47 Å². The van der Waals surface area contributed by atoms with Gasteiger partial charge in [-0.05, 0) is 24.8 Å². The highest BCUT2D eigenvalue weighted by Crippen LogP contribution is 2.32. The predicted octanol–water partition coefficient (Wildman–Crippen LogP) is 8.22. The van der Waals surface area contributed by atoms with Crippen molar-refractivity contribution in [2.45, 2.75) is 122 Å². The van der Waals surface area contributed by atoms with Gasteiger partial charge in [0.05, 0.1) is 18.6 Å². The number of hydrogen-bond acceptors (Lipinski definition) is 3. The standard InChI is InChI=1S/C28H45ClO3/c1-2-3-4-5-6-7-8-9-14-19-25(31-23-24-17-12-10-13-18-24)22-27-26(28(30)32-27)20-15-11-16-21-29/h10,12-13,17-18,25-27H,2-9,11,14-16,19-23H2,1H3/t25-,26+,27+/m1/s1. The predicted molar refractivity (Wildman–Crippen MR) is 134 cm³/mol. The smallest absolute Gasteiger partial charge is 0.313 e. The zero-order valence-corrected chi connectivity index (χ0v) is 21.0. The maximum Gasteiger partial charge on any atom is 0.313 e. The van der Waals surface area contributed by atoms with E-state index in [0.717, 1.165) is 38.5 Å². The van der Waals surface area contributed by atoms with Gasteiger partial charge in [0.2, 0.25) is 0 Å². The number of ether oxygens (including phenoxy) is 2. The zero-order chi connectivity index (χ0) is 22.9. The van der Waals surface area contributed by atoms with Crippen LogP contribution in [0.3, 0.4) is 0 Å². The summed E-state index contributed by atoms with van der Waals surface area (Å²) in [5.74, 6) is 0.731. The Morgan fingerprint density at radius 1 is 0.906 bits per heavy atom. The van der Waals surface area contributed by atoms with Crippen molar-refractivity contribution in [1.82, 2.24) is 0 Å². The first-order valence-corrected chi connectivity index (χ1v) is 13.7. The average molecular weight is 465 g/mol. The van der Waals surface area contributed by atoms with Crippen molar-refractivity contribution in [1.29, 1.82) is 0 Å². The first kappa shape index (κ1) is 27.2. The van der Waals surface area contributed by atoms with E-state index < -0.39 is 0 Å². The fourth-order valence-electron chi connectivity index (χ4n) is 4.55. The largest absolute Gasteiger partial charge is 0.461 e. The molecule has 0 radical (unpaired) electrons. The quantitative estimate of drug-likeness (QED) is 0.111. The summed E-state index contributed by atoms with van der Waals surface area (Å²) in [6.45, 7) is 2.90. The summed E-state index contributed by atoms with van der Waals surface area (Å²) in [4.78, 5) is 12.0. The monoisotopic (exact) mass is 464 g/mol. The van der Waals surface area contributed by atoms with Crippen molar-refractivity contribution >= 4 is 17.6 Å². The molecule has 1 heterocycles. The summed E-state index contributed by atoms with van der Waals surface area (Å²) in [7, 11) is 0. The number of esters is 1. The molecule has 182 valence electrons. The zero-order valence-electron chi connectivity index (χ0n) is 20.2. The van der Waals surface area contributed by atoms with Gasteiger partial charge >= 0.3 is 5.97 Å². The van der Waals surface area contributed by atoms with E-state index in [1.165, 1.54) is 63.4 Å². The second kappa shape index (κ2) is 17.4. The summed E-state index contributed by atoms with van der Waals surface area (Å²) in [5.41, 5.74) is 1.20. The van der Waals surface area contributed by atoms with Crippen LogP contribution in [0.4, 0.5) is 0 Å². The van der Waals surface area contributed by atoms with E-state index in [1.807, 2.05) is 6.07 Å². The van der Waals surface area contributed by atoms with Crippen molar-refractivity contribution in [2.24, 2.45) is 5.92 Å². The normalized spacial score (nSPS) is 18.9. The SMILES string of the molecule is CCCCCCCCCCC[C@H](C[C@@H]1OC(=O)[C@H]1CCCCCCl)OCc1ccccc1. The molecule has 1 aliphatic heterocycles. The van der Waals surface area contributed by atoms with Crippen LogP contribution in [0.2, 0.25) is 0 Å². The molecule has 1 aromatic rings. The van der Waals surface area contributed by atoms with E-state index in [0.29, 0.717) is 12.5 Å². The van der Waals surface area contributed by atoms with Gasteiger partial charge in [-0.1, -0.05) is 108 Å². The Balaban J connectivity index is 1.72. The lowest BCUT2D eigenvalue weighted by Crippen LogP contribution is -2.47. The number of cyclic esters (lactones) is 1. The van der Waals surface area contributed by atoms with Gasteiger partial charge in [-0.25, -0.2) is 0 Å². The van der Waals surface area contributed by atoms with E-state index >= 15 is 0 Å². The number of halogens is 1. The third kappa shape index (κ3) is 11.2. The van der Waals surface area contributed by atoms with Gasteiger partial charge in [-0.2, -0.15) is 0 Å². The van der Waals surface area contributed by atoms with Gasteiger partial charge in [0.25, 0.3) is 0 Å². The summed E-state index contributed by atoms with van der Waals surface area (Å²) < 4.78 is 11.9. The van der Waals surface area contributed by atoms with Crippen LogP contribution in [0.5, 0.6) is 0 Å². The van der Waals surface area contributed by atoms with Gasteiger partial charge in [0.15, 0.2) is 0 Å². The second-order valence-corrected chi connectivity index (χ2v) is 9.77. The molecule has 2 rings (SSSR count). The average Bonchev–Trinajstić information content (AvgIpc) is 2.81. The molecule has 0 N–H and O–H groups in total. The molecule has 4 heteroatoms. The van der Waals surface area contributed by atoms with Crippen LogP contribution < -0.4 is 0 Å². The van der Waals surface area contributed by atoms with Crippen molar-refractivity contribution in [3.63, 3.8) is 0 Å². The van der Waals surface area contributed by atoms with Crippen LogP contribution in [0, 0.1) is 5.92 Å². The first-order valence-electron chi connectivity index (χ1n) is 13.2. The maximum absolute atomic E-state index is 12.0. The number of hydrogen-bond donors (Lipinski definition) is 0. The molecule has 1 aromatic carbocycles. The number of carbonyl (C=O) groups is 1. The van der Waals surface area contributed by atoms with Crippen LogP contribution >= 0.6 is 11.6 Å². The van der Waals surface area contributed by atoms with Crippen LogP contribution in [-0.2, 0) is 20.9 Å². The maximum atomic E-state index is 12.0. The molecule has 0 spiro atoms. The highest BCUT2D eigenvalue weighted by atomic mass is 35.5. The molecular weight excluding hydrogens is 420 g/mol. The van der Waals surface area contributed by atoms with Crippen LogP contribution in [0.25, 0.3) is 0 Å². The fourth-order valence-corrected chi connectivity index (χ4v) is 4.74. The topological polar surface area (TPSA) is 35.5 Å². The lowest BCUT2D eigenvalue weighted by Gasteiger charge is -2.37. The van der Waals surface area contributed by atoms with Gasteiger partial charge in [0.1, 0.15) is 6.10 Å². The van der Waals surface area contributed by atoms with Crippen molar-refractivity contribution in [2.75, 3.05) is 5.88 Å². The van der Waals surface area contributed by atoms with Crippen LogP contribution in [0.1, 0.15) is 109 Å². The Morgan fingerprint density at radius 3 is 2.22 bits per heavy atom. The molecule has 0 bridgehead atoms. The summed E-state index contributed by atoms with van der Waals surface area (Å²) in [6, 6.07) is 10.4. The molecule has 0 aliphatic carbocycles. The van der Waals surface area contributed by atoms with Crippen LogP contribution in [-0.4, -0.2) is 24.1 Å². The van der Waals surface area contributed by atoms with E-state index in [4.69, 9.17) is 21.1 Å². The Labute approximate surface area is 201 Å².